The van der Waals surface area contributed by atoms with Crippen molar-refractivity contribution in [1.29, 1.82) is 0 Å². The summed E-state index contributed by atoms with van der Waals surface area (Å²) in [5, 5.41) is 0. The smallest absolute Gasteiger partial charge is 0.00559 e. The van der Waals surface area contributed by atoms with Gasteiger partial charge in [-0.2, -0.15) is 0 Å². The Kier molecular flexibility index (Phi) is 5.46. The minimum atomic E-state index is 0.364. The Balaban J connectivity index is 2.22. The van der Waals surface area contributed by atoms with E-state index in [0.29, 0.717) is 11.5 Å². The Morgan fingerprint density at radius 3 is 2.41 bits per heavy atom. The number of hydrogen-bond acceptors (Lipinski definition) is 2. The molecular formula is C15H32N2. The van der Waals surface area contributed by atoms with Gasteiger partial charge in [-0.1, -0.05) is 34.6 Å². The van der Waals surface area contributed by atoms with Gasteiger partial charge in [-0.3, -0.25) is 0 Å². The van der Waals surface area contributed by atoms with Crippen molar-refractivity contribution < 1.29 is 0 Å². The van der Waals surface area contributed by atoms with Gasteiger partial charge in [-0.05, 0) is 49.6 Å². The van der Waals surface area contributed by atoms with Crippen LogP contribution in [0.5, 0.6) is 0 Å². The SMILES string of the molecule is CC1CCN(CCC(N)CC(C)(C)C)CC1C. The Morgan fingerprint density at radius 2 is 1.88 bits per heavy atom. The first-order chi connectivity index (χ1) is 7.78. The van der Waals surface area contributed by atoms with Crippen molar-refractivity contribution in [3.63, 3.8) is 0 Å². The molecule has 0 bridgehead atoms. The maximum absolute atomic E-state index is 6.21. The van der Waals surface area contributed by atoms with Crippen LogP contribution in [0.2, 0.25) is 0 Å². The first-order valence-corrected chi connectivity index (χ1v) is 7.26. The minimum Gasteiger partial charge on any atom is -0.328 e. The van der Waals surface area contributed by atoms with Gasteiger partial charge in [0.2, 0.25) is 0 Å². The van der Waals surface area contributed by atoms with Crippen LogP contribution < -0.4 is 5.73 Å². The summed E-state index contributed by atoms with van der Waals surface area (Å²) in [6.45, 7) is 15.3. The molecule has 0 spiro atoms. The second-order valence-electron chi connectivity index (χ2n) is 7.36. The van der Waals surface area contributed by atoms with Crippen LogP contribution in [-0.4, -0.2) is 30.6 Å². The Morgan fingerprint density at radius 1 is 1.24 bits per heavy atom. The molecule has 102 valence electrons. The summed E-state index contributed by atoms with van der Waals surface area (Å²) in [6, 6.07) is 0.365. The maximum Gasteiger partial charge on any atom is 0.00559 e. The lowest BCUT2D eigenvalue weighted by Gasteiger charge is -2.36. The number of hydrogen-bond donors (Lipinski definition) is 1. The third-order valence-electron chi connectivity index (χ3n) is 4.11. The summed E-state index contributed by atoms with van der Waals surface area (Å²) in [5.74, 6) is 1.75. The molecule has 2 nitrogen and oxygen atoms in total. The molecule has 0 radical (unpaired) electrons. The lowest BCUT2D eigenvalue weighted by Crippen LogP contribution is -2.41. The van der Waals surface area contributed by atoms with Gasteiger partial charge >= 0.3 is 0 Å². The summed E-state index contributed by atoms with van der Waals surface area (Å²) in [4.78, 5) is 2.60. The van der Waals surface area contributed by atoms with Gasteiger partial charge in [0, 0.05) is 12.6 Å². The van der Waals surface area contributed by atoms with Crippen molar-refractivity contribution in [2.24, 2.45) is 23.0 Å². The number of piperidine rings is 1. The van der Waals surface area contributed by atoms with E-state index >= 15 is 0 Å². The van der Waals surface area contributed by atoms with E-state index in [9.17, 15) is 0 Å². The van der Waals surface area contributed by atoms with Crippen LogP contribution in [0, 0.1) is 17.3 Å². The van der Waals surface area contributed by atoms with Gasteiger partial charge in [-0.15, -0.1) is 0 Å². The van der Waals surface area contributed by atoms with E-state index in [1.807, 2.05) is 0 Å². The van der Waals surface area contributed by atoms with Crippen LogP contribution in [0.1, 0.15) is 53.9 Å². The van der Waals surface area contributed by atoms with E-state index in [1.165, 1.54) is 26.1 Å². The minimum absolute atomic E-state index is 0.364. The molecular weight excluding hydrogens is 208 g/mol. The fraction of sp³-hybridized carbons (Fsp3) is 1.00. The molecule has 1 rings (SSSR count). The zero-order chi connectivity index (χ0) is 13.1. The highest BCUT2D eigenvalue weighted by atomic mass is 15.1. The lowest BCUT2D eigenvalue weighted by molar-refractivity contribution is 0.132. The van der Waals surface area contributed by atoms with E-state index in [4.69, 9.17) is 5.73 Å². The molecule has 0 aromatic heterocycles. The zero-order valence-corrected chi connectivity index (χ0v) is 12.5. The number of nitrogens with two attached hydrogens (primary N) is 1. The Bertz CT molecular complexity index is 219. The molecule has 0 amide bonds. The molecule has 2 N–H and O–H groups in total. The number of likely N-dealkylation sites (tertiary alicyclic amines) is 1. The molecule has 1 heterocycles. The highest BCUT2D eigenvalue weighted by Crippen LogP contribution is 2.24. The van der Waals surface area contributed by atoms with E-state index in [0.717, 1.165) is 24.7 Å². The van der Waals surface area contributed by atoms with Crippen molar-refractivity contribution in [1.82, 2.24) is 4.90 Å². The molecule has 1 fully saturated rings. The fourth-order valence-corrected chi connectivity index (χ4v) is 2.79. The average Bonchev–Trinajstić information content (AvgIpc) is 2.17. The normalized spacial score (nSPS) is 29.3. The first-order valence-electron chi connectivity index (χ1n) is 7.26. The zero-order valence-electron chi connectivity index (χ0n) is 12.5. The first kappa shape index (κ1) is 15.0. The van der Waals surface area contributed by atoms with Gasteiger partial charge in [0.1, 0.15) is 0 Å². The molecule has 0 aromatic carbocycles. The molecule has 2 heteroatoms. The molecule has 17 heavy (non-hydrogen) atoms. The predicted molar refractivity (Wildman–Crippen MR) is 76.0 cm³/mol. The van der Waals surface area contributed by atoms with Crippen LogP contribution in [-0.2, 0) is 0 Å². The third-order valence-corrected chi connectivity index (χ3v) is 4.11. The van der Waals surface area contributed by atoms with Crippen LogP contribution >= 0.6 is 0 Å². The van der Waals surface area contributed by atoms with Gasteiger partial charge in [0.15, 0.2) is 0 Å². The van der Waals surface area contributed by atoms with E-state index < -0.39 is 0 Å². The van der Waals surface area contributed by atoms with Gasteiger partial charge in [-0.25, -0.2) is 0 Å². The van der Waals surface area contributed by atoms with Crippen molar-refractivity contribution in [2.75, 3.05) is 19.6 Å². The summed E-state index contributed by atoms with van der Waals surface area (Å²) >= 11 is 0. The standard InChI is InChI=1S/C15H32N2/c1-12-6-8-17(11-13(12)2)9-7-14(16)10-15(3,4)5/h12-14H,6-11,16H2,1-5H3. The molecule has 3 atom stereocenters. The van der Waals surface area contributed by atoms with E-state index in [2.05, 4.69) is 39.5 Å². The van der Waals surface area contributed by atoms with Crippen molar-refractivity contribution in [3.05, 3.63) is 0 Å². The second kappa shape index (κ2) is 6.19. The molecule has 0 saturated carbocycles. The van der Waals surface area contributed by atoms with Crippen LogP contribution in [0.15, 0.2) is 0 Å². The Hall–Kier alpha value is -0.0800. The van der Waals surface area contributed by atoms with Gasteiger partial charge < -0.3 is 10.6 Å². The summed E-state index contributed by atoms with van der Waals surface area (Å²) in [6.07, 6.45) is 3.64. The van der Waals surface area contributed by atoms with Crippen LogP contribution in [0.3, 0.4) is 0 Å². The lowest BCUT2D eigenvalue weighted by atomic mass is 9.86. The van der Waals surface area contributed by atoms with E-state index in [1.54, 1.807) is 0 Å². The second-order valence-corrected chi connectivity index (χ2v) is 7.36. The van der Waals surface area contributed by atoms with Crippen molar-refractivity contribution in [2.45, 2.75) is 59.9 Å². The Labute approximate surface area is 108 Å². The molecule has 0 aliphatic carbocycles. The van der Waals surface area contributed by atoms with Crippen LogP contribution in [0.4, 0.5) is 0 Å². The number of rotatable bonds is 4. The molecule has 0 aromatic rings. The van der Waals surface area contributed by atoms with Crippen LogP contribution in [0.25, 0.3) is 0 Å². The van der Waals surface area contributed by atoms with Crippen molar-refractivity contribution in [3.8, 4) is 0 Å². The quantitative estimate of drug-likeness (QED) is 0.818. The third kappa shape index (κ3) is 5.87. The summed E-state index contributed by atoms with van der Waals surface area (Å²) < 4.78 is 0. The fourth-order valence-electron chi connectivity index (χ4n) is 2.79. The molecule has 1 saturated heterocycles. The highest BCUT2D eigenvalue weighted by Gasteiger charge is 2.23. The van der Waals surface area contributed by atoms with Gasteiger partial charge in [0.05, 0.1) is 0 Å². The summed E-state index contributed by atoms with van der Waals surface area (Å²) in [7, 11) is 0. The van der Waals surface area contributed by atoms with Gasteiger partial charge in [0.25, 0.3) is 0 Å². The molecule has 1 aliphatic rings. The topological polar surface area (TPSA) is 29.3 Å². The largest absolute Gasteiger partial charge is 0.328 e. The predicted octanol–water partition coefficient (Wildman–Crippen LogP) is 3.12. The number of nitrogens with zero attached hydrogens (tertiary/aromatic N) is 1. The van der Waals surface area contributed by atoms with Crippen molar-refractivity contribution >= 4 is 0 Å². The monoisotopic (exact) mass is 240 g/mol. The molecule has 1 aliphatic heterocycles. The highest BCUT2D eigenvalue weighted by molar-refractivity contribution is 4.78. The van der Waals surface area contributed by atoms with E-state index in [-0.39, 0.29) is 0 Å². The maximum atomic E-state index is 6.21. The summed E-state index contributed by atoms with van der Waals surface area (Å²) in [5.41, 5.74) is 6.58. The molecule has 3 unspecified atom stereocenters. The average molecular weight is 240 g/mol.